The summed E-state index contributed by atoms with van der Waals surface area (Å²) in [5.41, 5.74) is 3.33. The minimum absolute atomic E-state index is 0.407. The molecule has 6 heteroatoms. The van der Waals surface area contributed by atoms with Crippen LogP contribution in [0.25, 0.3) is 11.0 Å². The number of hydrogen-bond donors (Lipinski definition) is 1. The molecule has 1 atom stereocenters. The third-order valence-corrected chi connectivity index (χ3v) is 4.32. The number of likely N-dealkylation sites (N-methyl/N-ethyl adjacent to an activating group) is 1. The third kappa shape index (κ3) is 1.98. The quantitative estimate of drug-likeness (QED) is 0.780. The molecule has 0 saturated heterocycles. The van der Waals surface area contributed by atoms with Gasteiger partial charge in [-0.1, -0.05) is 0 Å². The molecular formula is C15H18N6. The summed E-state index contributed by atoms with van der Waals surface area (Å²) in [6.07, 6.45) is 5.72. The van der Waals surface area contributed by atoms with Gasteiger partial charge in [-0.15, -0.1) is 0 Å². The maximum Gasteiger partial charge on any atom is 0.142 e. The monoisotopic (exact) mass is 282 g/mol. The number of H-pyrrole nitrogens is 1. The van der Waals surface area contributed by atoms with Gasteiger partial charge in [-0.3, -0.25) is 4.68 Å². The summed E-state index contributed by atoms with van der Waals surface area (Å²) in [6, 6.07) is 4.63. The lowest BCUT2D eigenvalue weighted by Crippen LogP contribution is -2.39. The van der Waals surface area contributed by atoms with Gasteiger partial charge in [0.2, 0.25) is 0 Å². The van der Waals surface area contributed by atoms with Crippen LogP contribution in [0.15, 0.2) is 24.7 Å². The molecule has 0 unspecified atom stereocenters. The van der Waals surface area contributed by atoms with Crippen molar-refractivity contribution in [2.24, 2.45) is 0 Å². The second-order valence-corrected chi connectivity index (χ2v) is 5.70. The van der Waals surface area contributed by atoms with E-state index in [0.29, 0.717) is 6.04 Å². The Hall–Kier alpha value is -2.37. The molecule has 0 fully saturated rings. The number of aromatic amines is 1. The second-order valence-electron chi connectivity index (χ2n) is 5.70. The number of aryl methyl sites for hydroxylation is 2. The lowest BCUT2D eigenvalue weighted by molar-refractivity contribution is 0.412. The lowest BCUT2D eigenvalue weighted by Gasteiger charge is -2.32. The van der Waals surface area contributed by atoms with Crippen molar-refractivity contribution in [2.75, 3.05) is 11.9 Å². The van der Waals surface area contributed by atoms with Crippen molar-refractivity contribution in [3.63, 3.8) is 0 Å². The zero-order valence-electron chi connectivity index (χ0n) is 12.2. The normalized spacial score (nSPS) is 17.9. The third-order valence-electron chi connectivity index (χ3n) is 4.32. The summed E-state index contributed by atoms with van der Waals surface area (Å²) in [4.78, 5) is 14.1. The standard InChI is InChI=1S/C15H18N6/c1-10-7-11-3-4-12(8-21(11)19-10)20(2)15-13-5-6-16-14(13)17-9-18-15/h5-7,9,12H,3-4,8H2,1-2H3,(H,16,17,18)/t12-/m0/s1. The molecule has 0 bridgehead atoms. The van der Waals surface area contributed by atoms with Crippen LogP contribution in [0.4, 0.5) is 5.82 Å². The van der Waals surface area contributed by atoms with Crippen LogP contribution < -0.4 is 4.90 Å². The fraction of sp³-hybridized carbons (Fsp3) is 0.400. The molecule has 0 aliphatic carbocycles. The van der Waals surface area contributed by atoms with Crippen molar-refractivity contribution >= 4 is 16.9 Å². The highest BCUT2D eigenvalue weighted by molar-refractivity contribution is 5.87. The van der Waals surface area contributed by atoms with E-state index in [1.807, 2.05) is 12.3 Å². The molecule has 21 heavy (non-hydrogen) atoms. The molecule has 0 spiro atoms. The predicted molar refractivity (Wildman–Crippen MR) is 81.4 cm³/mol. The van der Waals surface area contributed by atoms with Crippen LogP contribution in [0.2, 0.25) is 0 Å². The number of nitrogens with zero attached hydrogens (tertiary/aromatic N) is 5. The van der Waals surface area contributed by atoms with Crippen LogP contribution in [0, 0.1) is 6.92 Å². The topological polar surface area (TPSA) is 62.6 Å². The SMILES string of the molecule is Cc1cc2n(n1)C[C@@H](N(C)c1ncnc3[nH]ccc13)CC2. The molecule has 108 valence electrons. The highest BCUT2D eigenvalue weighted by Gasteiger charge is 2.25. The molecule has 1 N–H and O–H groups in total. The van der Waals surface area contributed by atoms with Crippen LogP contribution in [0.3, 0.4) is 0 Å². The molecular weight excluding hydrogens is 264 g/mol. The van der Waals surface area contributed by atoms with Crippen molar-refractivity contribution in [1.29, 1.82) is 0 Å². The number of anilines is 1. The van der Waals surface area contributed by atoms with Crippen molar-refractivity contribution in [1.82, 2.24) is 24.7 Å². The summed E-state index contributed by atoms with van der Waals surface area (Å²) in [7, 11) is 2.11. The molecule has 3 aromatic heterocycles. The Labute approximate surface area is 122 Å². The van der Waals surface area contributed by atoms with Crippen LogP contribution in [0.5, 0.6) is 0 Å². The summed E-state index contributed by atoms with van der Waals surface area (Å²) in [5, 5.41) is 5.65. The van der Waals surface area contributed by atoms with Gasteiger partial charge in [-0.25, -0.2) is 9.97 Å². The van der Waals surface area contributed by atoms with E-state index < -0.39 is 0 Å². The highest BCUT2D eigenvalue weighted by Crippen LogP contribution is 2.26. The van der Waals surface area contributed by atoms with E-state index in [4.69, 9.17) is 0 Å². The van der Waals surface area contributed by atoms with Gasteiger partial charge in [0.1, 0.15) is 17.8 Å². The van der Waals surface area contributed by atoms with Crippen molar-refractivity contribution in [3.8, 4) is 0 Å². The molecule has 1 aliphatic rings. The maximum atomic E-state index is 4.58. The zero-order chi connectivity index (χ0) is 14.4. The lowest BCUT2D eigenvalue weighted by atomic mass is 10.0. The van der Waals surface area contributed by atoms with Gasteiger partial charge in [0.25, 0.3) is 0 Å². The van der Waals surface area contributed by atoms with Gasteiger partial charge in [-0.05, 0) is 31.9 Å². The van der Waals surface area contributed by atoms with E-state index in [-0.39, 0.29) is 0 Å². The number of fused-ring (bicyclic) bond motifs is 2. The molecule has 0 aromatic carbocycles. The zero-order valence-corrected chi connectivity index (χ0v) is 12.2. The first kappa shape index (κ1) is 12.4. The fourth-order valence-corrected chi connectivity index (χ4v) is 3.19. The predicted octanol–water partition coefficient (Wildman–Crippen LogP) is 1.91. The van der Waals surface area contributed by atoms with Gasteiger partial charge in [0, 0.05) is 18.9 Å². The largest absolute Gasteiger partial charge is 0.354 e. The summed E-state index contributed by atoms with van der Waals surface area (Å²) < 4.78 is 2.13. The van der Waals surface area contributed by atoms with E-state index in [0.717, 1.165) is 41.9 Å². The Morgan fingerprint density at radius 2 is 2.29 bits per heavy atom. The summed E-state index contributed by atoms with van der Waals surface area (Å²) in [6.45, 7) is 2.97. The van der Waals surface area contributed by atoms with Crippen LogP contribution in [-0.4, -0.2) is 37.8 Å². The first-order valence-electron chi connectivity index (χ1n) is 7.26. The van der Waals surface area contributed by atoms with E-state index >= 15 is 0 Å². The minimum atomic E-state index is 0.407. The fourth-order valence-electron chi connectivity index (χ4n) is 3.19. The Kier molecular flexibility index (Phi) is 2.70. The second kappa shape index (κ2) is 4.58. The summed E-state index contributed by atoms with van der Waals surface area (Å²) in [5.74, 6) is 0.985. The molecule has 3 aromatic rings. The molecule has 4 rings (SSSR count). The Balaban J connectivity index is 1.66. The Bertz CT molecular complexity index is 786. The van der Waals surface area contributed by atoms with E-state index in [1.54, 1.807) is 6.33 Å². The van der Waals surface area contributed by atoms with Gasteiger partial charge in [-0.2, -0.15) is 5.10 Å². The van der Waals surface area contributed by atoms with Crippen molar-refractivity contribution in [2.45, 2.75) is 32.4 Å². The van der Waals surface area contributed by atoms with Gasteiger partial charge in [0.05, 0.1) is 23.7 Å². The number of rotatable bonds is 2. The smallest absolute Gasteiger partial charge is 0.142 e. The van der Waals surface area contributed by atoms with Crippen LogP contribution >= 0.6 is 0 Å². The average Bonchev–Trinajstić information content (AvgIpc) is 3.09. The Morgan fingerprint density at radius 3 is 3.19 bits per heavy atom. The first-order chi connectivity index (χ1) is 10.2. The van der Waals surface area contributed by atoms with Gasteiger partial charge < -0.3 is 9.88 Å². The molecule has 0 amide bonds. The Morgan fingerprint density at radius 1 is 1.38 bits per heavy atom. The van der Waals surface area contributed by atoms with Crippen molar-refractivity contribution in [3.05, 3.63) is 36.0 Å². The van der Waals surface area contributed by atoms with Crippen LogP contribution in [-0.2, 0) is 13.0 Å². The van der Waals surface area contributed by atoms with E-state index in [2.05, 4.69) is 49.7 Å². The first-order valence-corrected chi connectivity index (χ1v) is 7.26. The van der Waals surface area contributed by atoms with Crippen LogP contribution in [0.1, 0.15) is 17.8 Å². The minimum Gasteiger partial charge on any atom is -0.354 e. The molecule has 0 radical (unpaired) electrons. The summed E-state index contributed by atoms with van der Waals surface area (Å²) >= 11 is 0. The molecule has 6 nitrogen and oxygen atoms in total. The average molecular weight is 282 g/mol. The van der Waals surface area contributed by atoms with E-state index in [1.165, 1.54) is 5.69 Å². The maximum absolute atomic E-state index is 4.58. The molecule has 0 saturated carbocycles. The van der Waals surface area contributed by atoms with Crippen molar-refractivity contribution < 1.29 is 0 Å². The number of hydrogen-bond acceptors (Lipinski definition) is 4. The van der Waals surface area contributed by atoms with Gasteiger partial charge in [0.15, 0.2) is 0 Å². The molecule has 4 heterocycles. The van der Waals surface area contributed by atoms with Gasteiger partial charge >= 0.3 is 0 Å². The molecule has 1 aliphatic heterocycles. The number of nitrogens with one attached hydrogen (secondary N) is 1. The number of aromatic nitrogens is 5. The highest BCUT2D eigenvalue weighted by atomic mass is 15.3. The van der Waals surface area contributed by atoms with E-state index in [9.17, 15) is 0 Å².